The summed E-state index contributed by atoms with van der Waals surface area (Å²) in [6.07, 6.45) is 4.70. The molecule has 0 saturated carbocycles. The fourth-order valence-corrected chi connectivity index (χ4v) is 3.05. The van der Waals surface area contributed by atoms with Gasteiger partial charge in [0.15, 0.2) is 5.82 Å². The summed E-state index contributed by atoms with van der Waals surface area (Å²) in [5.74, 6) is 0.995. The SMILES string of the molecule is Cc1ccccc1OCC1(O)CCCN(C(=O)c2nccn2C)C1. The van der Waals surface area contributed by atoms with Gasteiger partial charge in [-0.15, -0.1) is 0 Å². The first kappa shape index (κ1) is 16.5. The topological polar surface area (TPSA) is 67.6 Å². The lowest BCUT2D eigenvalue weighted by Crippen LogP contribution is -2.53. The average molecular weight is 329 g/mol. The number of rotatable bonds is 4. The molecule has 1 fully saturated rings. The maximum atomic E-state index is 12.6. The minimum Gasteiger partial charge on any atom is -0.490 e. The highest BCUT2D eigenvalue weighted by Crippen LogP contribution is 2.25. The number of nitrogens with zero attached hydrogens (tertiary/aromatic N) is 3. The zero-order valence-electron chi connectivity index (χ0n) is 14.1. The van der Waals surface area contributed by atoms with Gasteiger partial charge in [0.25, 0.3) is 5.91 Å². The number of aryl methyl sites for hydroxylation is 2. The van der Waals surface area contributed by atoms with E-state index in [9.17, 15) is 9.90 Å². The van der Waals surface area contributed by atoms with Crippen LogP contribution in [-0.2, 0) is 7.05 Å². The van der Waals surface area contributed by atoms with E-state index in [0.29, 0.717) is 18.8 Å². The average Bonchev–Trinajstić information content (AvgIpc) is 2.99. The van der Waals surface area contributed by atoms with Crippen molar-refractivity contribution in [1.82, 2.24) is 14.5 Å². The summed E-state index contributed by atoms with van der Waals surface area (Å²) in [5, 5.41) is 10.9. The van der Waals surface area contributed by atoms with E-state index in [1.807, 2.05) is 31.2 Å². The third-order valence-corrected chi connectivity index (χ3v) is 4.44. The quantitative estimate of drug-likeness (QED) is 0.928. The van der Waals surface area contributed by atoms with Crippen LogP contribution < -0.4 is 4.74 Å². The molecule has 3 rings (SSSR count). The predicted molar refractivity (Wildman–Crippen MR) is 90.0 cm³/mol. The molecule has 2 heterocycles. The molecule has 0 spiro atoms. The third-order valence-electron chi connectivity index (χ3n) is 4.44. The number of likely N-dealkylation sites (tertiary alicyclic amines) is 1. The second kappa shape index (κ2) is 6.65. The molecule has 1 unspecified atom stereocenters. The van der Waals surface area contributed by atoms with Crippen LogP contribution in [0.4, 0.5) is 0 Å². The standard InChI is InChI=1S/C18H23N3O3/c1-14-6-3-4-7-15(14)24-13-18(23)8-5-10-21(12-18)17(22)16-19-9-11-20(16)2/h3-4,6-7,9,11,23H,5,8,10,12-13H2,1-2H3. The maximum Gasteiger partial charge on any atom is 0.289 e. The molecule has 1 aliphatic heterocycles. The summed E-state index contributed by atoms with van der Waals surface area (Å²) < 4.78 is 7.51. The molecule has 6 heteroatoms. The molecule has 1 aromatic carbocycles. The van der Waals surface area contributed by atoms with Crippen molar-refractivity contribution in [2.45, 2.75) is 25.4 Å². The number of piperidine rings is 1. The molecular weight excluding hydrogens is 306 g/mol. The van der Waals surface area contributed by atoms with Gasteiger partial charge in [0.2, 0.25) is 0 Å². The van der Waals surface area contributed by atoms with E-state index in [0.717, 1.165) is 17.7 Å². The molecule has 0 aliphatic carbocycles. The summed E-state index contributed by atoms with van der Waals surface area (Å²) in [7, 11) is 1.79. The van der Waals surface area contributed by atoms with E-state index in [-0.39, 0.29) is 19.1 Å². The van der Waals surface area contributed by atoms with Crippen LogP contribution in [0.3, 0.4) is 0 Å². The molecule has 6 nitrogen and oxygen atoms in total. The molecule has 1 N–H and O–H groups in total. The Morgan fingerprint density at radius 3 is 2.92 bits per heavy atom. The normalized spacial score (nSPS) is 20.9. The Balaban J connectivity index is 1.67. The Labute approximate surface area is 141 Å². The van der Waals surface area contributed by atoms with Gasteiger partial charge in [-0.3, -0.25) is 4.79 Å². The second-order valence-electron chi connectivity index (χ2n) is 6.47. The van der Waals surface area contributed by atoms with Crippen LogP contribution >= 0.6 is 0 Å². The van der Waals surface area contributed by atoms with Crippen molar-refractivity contribution in [3.05, 3.63) is 48.0 Å². The monoisotopic (exact) mass is 329 g/mol. The maximum absolute atomic E-state index is 12.6. The predicted octanol–water partition coefficient (Wildman–Crippen LogP) is 1.77. The number of carbonyl (C=O) groups is 1. The van der Waals surface area contributed by atoms with E-state index in [2.05, 4.69) is 4.98 Å². The number of carbonyl (C=O) groups excluding carboxylic acids is 1. The fraction of sp³-hybridized carbons (Fsp3) is 0.444. The Morgan fingerprint density at radius 1 is 1.42 bits per heavy atom. The fourth-order valence-electron chi connectivity index (χ4n) is 3.05. The Bertz CT molecular complexity index is 728. The summed E-state index contributed by atoms with van der Waals surface area (Å²) >= 11 is 0. The Kier molecular flexibility index (Phi) is 4.57. The van der Waals surface area contributed by atoms with Crippen LogP contribution in [0.2, 0.25) is 0 Å². The van der Waals surface area contributed by atoms with Crippen molar-refractivity contribution in [1.29, 1.82) is 0 Å². The van der Waals surface area contributed by atoms with Gasteiger partial charge in [0, 0.05) is 26.0 Å². The summed E-state index contributed by atoms with van der Waals surface area (Å²) in [6, 6.07) is 7.71. The highest BCUT2D eigenvalue weighted by Gasteiger charge is 2.37. The molecule has 128 valence electrons. The number of para-hydroxylation sites is 1. The molecule has 24 heavy (non-hydrogen) atoms. The molecule has 1 saturated heterocycles. The van der Waals surface area contributed by atoms with Crippen molar-refractivity contribution in [3.63, 3.8) is 0 Å². The number of ether oxygens (including phenoxy) is 1. The second-order valence-corrected chi connectivity index (χ2v) is 6.47. The lowest BCUT2D eigenvalue weighted by molar-refractivity contribution is -0.0535. The van der Waals surface area contributed by atoms with E-state index >= 15 is 0 Å². The van der Waals surface area contributed by atoms with E-state index in [1.54, 1.807) is 28.9 Å². The van der Waals surface area contributed by atoms with Gasteiger partial charge in [-0.05, 0) is 31.4 Å². The lowest BCUT2D eigenvalue weighted by atomic mass is 9.93. The van der Waals surface area contributed by atoms with Crippen molar-refractivity contribution >= 4 is 5.91 Å². The molecule has 0 radical (unpaired) electrons. The molecule has 1 aromatic heterocycles. The number of hydrogen-bond donors (Lipinski definition) is 1. The zero-order valence-corrected chi connectivity index (χ0v) is 14.1. The van der Waals surface area contributed by atoms with Gasteiger partial charge >= 0.3 is 0 Å². The molecule has 2 aromatic rings. The molecule has 1 aliphatic rings. The first-order valence-corrected chi connectivity index (χ1v) is 8.16. The van der Waals surface area contributed by atoms with Crippen molar-refractivity contribution in [2.75, 3.05) is 19.7 Å². The largest absolute Gasteiger partial charge is 0.490 e. The zero-order chi connectivity index (χ0) is 17.2. The molecular formula is C18H23N3O3. The smallest absolute Gasteiger partial charge is 0.289 e. The van der Waals surface area contributed by atoms with Gasteiger partial charge < -0.3 is 19.3 Å². The molecule has 1 atom stereocenters. The molecule has 1 amide bonds. The van der Waals surface area contributed by atoms with Gasteiger partial charge in [0.1, 0.15) is 18.0 Å². The van der Waals surface area contributed by atoms with Crippen LogP contribution in [-0.4, -0.2) is 50.8 Å². The van der Waals surface area contributed by atoms with Crippen LogP contribution in [0, 0.1) is 6.92 Å². The first-order chi connectivity index (χ1) is 11.5. The highest BCUT2D eigenvalue weighted by molar-refractivity contribution is 5.91. The number of amides is 1. The van der Waals surface area contributed by atoms with E-state index in [1.165, 1.54) is 0 Å². The van der Waals surface area contributed by atoms with Crippen LogP contribution in [0.5, 0.6) is 5.75 Å². The Hall–Kier alpha value is -2.34. The number of aliphatic hydroxyl groups is 1. The van der Waals surface area contributed by atoms with E-state index in [4.69, 9.17) is 4.74 Å². The van der Waals surface area contributed by atoms with Crippen LogP contribution in [0.15, 0.2) is 36.7 Å². The summed E-state index contributed by atoms with van der Waals surface area (Å²) in [6.45, 7) is 3.02. The number of aromatic nitrogens is 2. The number of β-amino-alcohol motifs (C(OH)–C–C–N with tert-alkyl or cyclic N) is 1. The summed E-state index contributed by atoms with van der Waals surface area (Å²) in [5.41, 5.74) is -0.0145. The van der Waals surface area contributed by atoms with Crippen LogP contribution in [0.25, 0.3) is 0 Å². The lowest BCUT2D eigenvalue weighted by Gasteiger charge is -2.38. The highest BCUT2D eigenvalue weighted by atomic mass is 16.5. The minimum atomic E-state index is -1.04. The van der Waals surface area contributed by atoms with Gasteiger partial charge in [-0.1, -0.05) is 18.2 Å². The van der Waals surface area contributed by atoms with Gasteiger partial charge in [-0.2, -0.15) is 0 Å². The number of imidazole rings is 1. The van der Waals surface area contributed by atoms with E-state index < -0.39 is 5.60 Å². The number of hydrogen-bond acceptors (Lipinski definition) is 4. The molecule has 0 bridgehead atoms. The first-order valence-electron chi connectivity index (χ1n) is 8.16. The summed E-state index contributed by atoms with van der Waals surface area (Å²) in [4.78, 5) is 18.4. The van der Waals surface area contributed by atoms with Crippen molar-refractivity contribution in [3.8, 4) is 5.75 Å². The van der Waals surface area contributed by atoms with Crippen molar-refractivity contribution < 1.29 is 14.6 Å². The third kappa shape index (κ3) is 3.43. The van der Waals surface area contributed by atoms with Crippen LogP contribution in [0.1, 0.15) is 29.0 Å². The van der Waals surface area contributed by atoms with Gasteiger partial charge in [-0.25, -0.2) is 4.98 Å². The van der Waals surface area contributed by atoms with Crippen molar-refractivity contribution in [2.24, 2.45) is 7.05 Å². The number of benzene rings is 1. The van der Waals surface area contributed by atoms with Gasteiger partial charge in [0.05, 0.1) is 6.54 Å². The minimum absolute atomic E-state index is 0.156. The Morgan fingerprint density at radius 2 is 2.21 bits per heavy atom.